The molecular formula is C27H33F4O4S2+. The minimum Gasteiger partial charge on any atom is -0.373 e. The Morgan fingerprint density at radius 3 is 2.54 bits per heavy atom. The van der Waals surface area contributed by atoms with Crippen LogP contribution in [0, 0.1) is 17.3 Å². The molecule has 2 aromatic rings. The maximum atomic E-state index is 15.6. The Labute approximate surface area is 218 Å². The number of halogens is 4. The molecule has 0 amide bonds. The Balaban J connectivity index is 1.59. The minimum absolute atomic E-state index is 0.161. The summed E-state index contributed by atoms with van der Waals surface area (Å²) in [6.07, 6.45) is 3.34. The number of alkyl halides is 4. The fraction of sp³-hybridized carbons (Fsp3) is 0.630. The summed E-state index contributed by atoms with van der Waals surface area (Å²) in [5, 5.41) is -3.85. The molecule has 3 aliphatic rings. The molecule has 2 saturated carbocycles. The van der Waals surface area contributed by atoms with E-state index in [0.29, 0.717) is 38.0 Å². The van der Waals surface area contributed by atoms with Crippen molar-refractivity contribution in [3.63, 3.8) is 0 Å². The lowest BCUT2D eigenvalue weighted by Crippen LogP contribution is -2.57. The van der Waals surface area contributed by atoms with Crippen LogP contribution in [0.4, 0.5) is 17.6 Å². The van der Waals surface area contributed by atoms with E-state index in [4.69, 9.17) is 9.29 Å². The molecule has 1 aliphatic heterocycles. The van der Waals surface area contributed by atoms with Crippen molar-refractivity contribution < 1.29 is 35.3 Å². The first kappa shape index (κ1) is 27.2. The fourth-order valence-electron chi connectivity index (χ4n) is 7.14. The van der Waals surface area contributed by atoms with Crippen LogP contribution in [0.2, 0.25) is 0 Å². The summed E-state index contributed by atoms with van der Waals surface area (Å²) in [4.78, 5) is 1.03. The summed E-state index contributed by atoms with van der Waals surface area (Å²) in [7, 11) is -6.85. The molecule has 2 aromatic carbocycles. The summed E-state index contributed by atoms with van der Waals surface area (Å²) < 4.78 is 98.5. The predicted octanol–water partition coefficient (Wildman–Crippen LogP) is 6.70. The van der Waals surface area contributed by atoms with Crippen molar-refractivity contribution in [2.75, 3.05) is 12.4 Å². The Morgan fingerprint density at radius 2 is 1.84 bits per heavy atom. The number of unbranched alkanes of at least 4 members (excludes halogenated alkanes) is 1. The second-order valence-electron chi connectivity index (χ2n) is 10.9. The molecule has 6 unspecified atom stereocenters. The molecule has 0 radical (unpaired) electrons. The first-order valence-corrected chi connectivity index (χ1v) is 15.8. The number of rotatable bonds is 9. The Morgan fingerprint density at radius 1 is 1.11 bits per heavy atom. The van der Waals surface area contributed by atoms with Gasteiger partial charge in [0.05, 0.1) is 0 Å². The van der Waals surface area contributed by atoms with Gasteiger partial charge in [-0.05, 0) is 55.5 Å². The van der Waals surface area contributed by atoms with Gasteiger partial charge in [0.1, 0.15) is 17.1 Å². The highest BCUT2D eigenvalue weighted by Gasteiger charge is 2.77. The molecule has 1 N–H and O–H groups in total. The van der Waals surface area contributed by atoms with E-state index in [2.05, 4.69) is 6.92 Å². The summed E-state index contributed by atoms with van der Waals surface area (Å²) >= 11 is 0. The SMILES string of the molecule is CCCCOC1CC(C23CCC(CC2C(F)(F)C(F)(F)S(=O)(=O)O)C3)[S+](c2cccc3ccccc23)C1. The Bertz CT molecular complexity index is 1250. The topological polar surface area (TPSA) is 63.6 Å². The van der Waals surface area contributed by atoms with E-state index in [9.17, 15) is 17.2 Å². The van der Waals surface area contributed by atoms with E-state index in [1.807, 2.05) is 42.5 Å². The summed E-state index contributed by atoms with van der Waals surface area (Å²) in [5.41, 5.74) is -1.15. The zero-order chi connectivity index (χ0) is 26.6. The van der Waals surface area contributed by atoms with Crippen LogP contribution in [0.25, 0.3) is 10.8 Å². The van der Waals surface area contributed by atoms with Gasteiger partial charge in [0, 0.05) is 40.6 Å². The van der Waals surface area contributed by atoms with Crippen LogP contribution in [-0.2, 0) is 25.7 Å². The fourth-order valence-corrected chi connectivity index (χ4v) is 11.1. The van der Waals surface area contributed by atoms with Crippen molar-refractivity contribution in [1.82, 2.24) is 0 Å². The van der Waals surface area contributed by atoms with Crippen LogP contribution in [0.15, 0.2) is 47.4 Å². The summed E-state index contributed by atoms with van der Waals surface area (Å²) in [6, 6.07) is 13.8. The van der Waals surface area contributed by atoms with Crippen molar-refractivity contribution in [2.24, 2.45) is 17.3 Å². The average Bonchev–Trinajstić information content (AvgIpc) is 3.57. The molecular weight excluding hydrogens is 528 g/mol. The minimum atomic E-state index is -6.29. The number of hydrogen-bond acceptors (Lipinski definition) is 3. The van der Waals surface area contributed by atoms with E-state index < -0.39 is 43.5 Å². The standard InChI is InChI=1S/C27H32F4O4S2/c1-2-3-13-35-20-15-24(36(17-20)22-10-6-8-19-7-4-5-9-21(19)22)25-12-11-18(16-25)14-23(25)26(28,29)27(30,31)37(32,33)34/h4-10,18,20,23-24H,2-3,11-17H2,1H3/p+1. The zero-order valence-corrected chi connectivity index (χ0v) is 22.3. The normalized spacial score (nSPS) is 32.4. The summed E-state index contributed by atoms with van der Waals surface area (Å²) in [5.74, 6) is -6.25. The molecule has 2 bridgehead atoms. The van der Waals surface area contributed by atoms with Crippen molar-refractivity contribution in [3.8, 4) is 0 Å². The lowest BCUT2D eigenvalue weighted by molar-refractivity contribution is -0.216. The smallest absolute Gasteiger partial charge is 0.373 e. The van der Waals surface area contributed by atoms with Gasteiger partial charge < -0.3 is 4.74 Å². The van der Waals surface area contributed by atoms with Gasteiger partial charge >= 0.3 is 21.3 Å². The third kappa shape index (κ3) is 4.39. The van der Waals surface area contributed by atoms with Crippen molar-refractivity contribution in [2.45, 2.75) is 79.3 Å². The molecule has 1 saturated heterocycles. The van der Waals surface area contributed by atoms with Gasteiger partial charge in [-0.1, -0.05) is 43.7 Å². The predicted molar refractivity (Wildman–Crippen MR) is 137 cm³/mol. The molecule has 0 aromatic heterocycles. The second kappa shape index (κ2) is 9.68. The maximum absolute atomic E-state index is 15.6. The van der Waals surface area contributed by atoms with E-state index in [-0.39, 0.29) is 23.7 Å². The molecule has 2 aliphatic carbocycles. The van der Waals surface area contributed by atoms with E-state index >= 15 is 8.78 Å². The van der Waals surface area contributed by atoms with Gasteiger partial charge in [0.2, 0.25) is 0 Å². The third-order valence-corrected chi connectivity index (χ3v) is 12.7. The highest BCUT2D eigenvalue weighted by molar-refractivity contribution is 7.98. The molecule has 4 nitrogen and oxygen atoms in total. The zero-order valence-electron chi connectivity index (χ0n) is 20.7. The monoisotopic (exact) mass is 561 g/mol. The highest BCUT2D eigenvalue weighted by Crippen LogP contribution is 2.68. The number of fused-ring (bicyclic) bond motifs is 3. The number of hydrogen-bond donors (Lipinski definition) is 1. The van der Waals surface area contributed by atoms with Gasteiger partial charge in [0.15, 0.2) is 4.90 Å². The molecule has 5 rings (SSSR count). The quantitative estimate of drug-likeness (QED) is 0.160. The van der Waals surface area contributed by atoms with Crippen LogP contribution in [0.3, 0.4) is 0 Å². The highest BCUT2D eigenvalue weighted by atomic mass is 32.2. The van der Waals surface area contributed by atoms with Crippen molar-refractivity contribution >= 4 is 31.8 Å². The van der Waals surface area contributed by atoms with Crippen LogP contribution >= 0.6 is 0 Å². The van der Waals surface area contributed by atoms with Crippen molar-refractivity contribution in [1.29, 1.82) is 0 Å². The molecule has 10 heteroatoms. The van der Waals surface area contributed by atoms with Gasteiger partial charge in [-0.2, -0.15) is 26.0 Å². The molecule has 0 spiro atoms. The Hall–Kier alpha value is -1.36. The Kier molecular flexibility index (Phi) is 7.12. The second-order valence-corrected chi connectivity index (χ2v) is 14.6. The lowest BCUT2D eigenvalue weighted by atomic mass is 9.68. The summed E-state index contributed by atoms with van der Waals surface area (Å²) in [6.45, 7) is 2.61. The third-order valence-electron chi connectivity index (χ3n) is 8.81. The van der Waals surface area contributed by atoms with Gasteiger partial charge in [-0.25, -0.2) is 0 Å². The maximum Gasteiger partial charge on any atom is 0.431 e. The molecule has 6 atom stereocenters. The first-order valence-electron chi connectivity index (χ1n) is 12.9. The molecule has 3 fully saturated rings. The van der Waals surface area contributed by atoms with Crippen LogP contribution < -0.4 is 0 Å². The number of ether oxygens (including phenoxy) is 1. The van der Waals surface area contributed by atoms with Crippen LogP contribution in [0.1, 0.15) is 51.9 Å². The largest absolute Gasteiger partial charge is 0.431 e. The molecule has 37 heavy (non-hydrogen) atoms. The van der Waals surface area contributed by atoms with E-state index in [0.717, 1.165) is 28.5 Å². The van der Waals surface area contributed by atoms with Gasteiger partial charge in [-0.15, -0.1) is 0 Å². The van der Waals surface area contributed by atoms with E-state index in [1.165, 1.54) is 0 Å². The van der Waals surface area contributed by atoms with E-state index in [1.54, 1.807) is 0 Å². The average molecular weight is 562 g/mol. The molecule has 204 valence electrons. The lowest BCUT2D eigenvalue weighted by Gasteiger charge is -2.43. The van der Waals surface area contributed by atoms with Crippen LogP contribution in [-0.4, -0.2) is 47.9 Å². The van der Waals surface area contributed by atoms with Crippen LogP contribution in [0.5, 0.6) is 0 Å². The molecule has 1 heterocycles. The number of benzene rings is 2. The van der Waals surface area contributed by atoms with Gasteiger partial charge in [-0.3, -0.25) is 4.55 Å². The van der Waals surface area contributed by atoms with Crippen molar-refractivity contribution in [3.05, 3.63) is 42.5 Å². The first-order chi connectivity index (χ1) is 17.4. The van der Waals surface area contributed by atoms with Gasteiger partial charge in [0.25, 0.3) is 0 Å².